The van der Waals surface area contributed by atoms with Crippen molar-refractivity contribution in [3.05, 3.63) is 58.4 Å². The average molecular weight is 487 g/mol. The number of anilines is 1. The van der Waals surface area contributed by atoms with E-state index in [1.165, 1.54) is 12.1 Å². The van der Waals surface area contributed by atoms with Crippen LogP contribution in [0.15, 0.2) is 36.4 Å². The molecule has 2 aromatic rings. The molecule has 5 rings (SSSR count). The van der Waals surface area contributed by atoms with Gasteiger partial charge in [-0.2, -0.15) is 0 Å². The van der Waals surface area contributed by atoms with Gasteiger partial charge in [-0.1, -0.05) is 11.6 Å². The summed E-state index contributed by atoms with van der Waals surface area (Å²) in [6.45, 7) is 5.18. The molecule has 2 N–H and O–H groups in total. The number of hydrogen-bond acceptors (Lipinski definition) is 5. The molecule has 0 unspecified atom stereocenters. The Bertz CT molecular complexity index is 1100. The van der Waals surface area contributed by atoms with Crippen molar-refractivity contribution in [2.75, 3.05) is 57.7 Å². The Kier molecular flexibility index (Phi) is 6.46. The minimum Gasteiger partial charge on any atom is -0.492 e. The largest absolute Gasteiger partial charge is 0.492 e. The number of ether oxygens (including phenoxy) is 1. The fourth-order valence-corrected chi connectivity index (χ4v) is 5.30. The highest BCUT2D eigenvalue weighted by Crippen LogP contribution is 2.45. The van der Waals surface area contributed by atoms with Gasteiger partial charge in [-0.3, -0.25) is 14.5 Å². The predicted octanol–water partition coefficient (Wildman–Crippen LogP) is 2.89. The smallest absolute Gasteiger partial charge is 0.256 e. The van der Waals surface area contributed by atoms with Gasteiger partial charge >= 0.3 is 0 Å². The zero-order valence-corrected chi connectivity index (χ0v) is 19.7. The Morgan fingerprint density at radius 3 is 2.59 bits per heavy atom. The van der Waals surface area contributed by atoms with Crippen LogP contribution in [0, 0.1) is 5.82 Å². The van der Waals surface area contributed by atoms with Crippen LogP contribution in [0.25, 0.3) is 0 Å². The highest BCUT2D eigenvalue weighted by atomic mass is 35.5. The molecule has 0 aliphatic carbocycles. The number of nitrogens with zero attached hydrogens (tertiary/aromatic N) is 2. The molecule has 0 aromatic heterocycles. The van der Waals surface area contributed by atoms with Crippen molar-refractivity contribution in [3.63, 3.8) is 0 Å². The lowest BCUT2D eigenvalue weighted by atomic mass is 9.73. The normalized spacial score (nSPS) is 19.7. The molecule has 9 heteroatoms. The third kappa shape index (κ3) is 4.37. The van der Waals surface area contributed by atoms with Crippen LogP contribution in [0.4, 0.5) is 10.1 Å². The third-order valence-electron chi connectivity index (χ3n) is 7.14. The van der Waals surface area contributed by atoms with Crippen LogP contribution >= 0.6 is 11.6 Å². The maximum absolute atomic E-state index is 14.6. The van der Waals surface area contributed by atoms with Crippen LogP contribution in [0.5, 0.6) is 5.75 Å². The van der Waals surface area contributed by atoms with E-state index >= 15 is 0 Å². The van der Waals surface area contributed by atoms with Gasteiger partial charge in [0.1, 0.15) is 18.2 Å². The molecule has 2 amide bonds. The molecule has 0 saturated carbocycles. The number of nitrogens with one attached hydrogen (secondary N) is 2. The summed E-state index contributed by atoms with van der Waals surface area (Å²) in [4.78, 5) is 29.2. The number of benzene rings is 2. The molecule has 0 radical (unpaired) electrons. The van der Waals surface area contributed by atoms with Gasteiger partial charge in [0.15, 0.2) is 0 Å². The number of carbonyl (C=O) groups is 2. The lowest BCUT2D eigenvalue weighted by molar-refractivity contribution is -0.122. The van der Waals surface area contributed by atoms with Crippen molar-refractivity contribution in [2.24, 2.45) is 0 Å². The number of halogens is 2. The standard InChI is InChI=1S/C25H28ClFN4O3/c26-17-1-4-22-20(15-17)25(24(33)29-22)5-9-30(10-6-25)13-14-34-18-2-3-19(21(27)16-18)23(32)31-11-7-28-8-12-31/h1-4,15-16,28H,5-14H2,(H,29,33). The SMILES string of the molecule is O=C(c1ccc(OCCN2CCC3(CC2)C(=O)Nc2ccc(Cl)cc23)cc1F)N1CCNCC1. The van der Waals surface area contributed by atoms with Crippen molar-refractivity contribution in [1.29, 1.82) is 0 Å². The topological polar surface area (TPSA) is 73.9 Å². The molecule has 34 heavy (non-hydrogen) atoms. The summed E-state index contributed by atoms with van der Waals surface area (Å²) >= 11 is 6.19. The molecule has 0 bridgehead atoms. The molecule has 180 valence electrons. The Morgan fingerprint density at radius 2 is 1.85 bits per heavy atom. The van der Waals surface area contributed by atoms with E-state index in [1.807, 2.05) is 12.1 Å². The van der Waals surface area contributed by atoms with E-state index in [4.69, 9.17) is 16.3 Å². The first-order chi connectivity index (χ1) is 16.5. The zero-order valence-electron chi connectivity index (χ0n) is 18.9. The maximum Gasteiger partial charge on any atom is 0.256 e. The summed E-state index contributed by atoms with van der Waals surface area (Å²) in [6.07, 6.45) is 1.42. The molecular formula is C25H28ClFN4O3. The molecule has 2 saturated heterocycles. The third-order valence-corrected chi connectivity index (χ3v) is 7.38. The summed E-state index contributed by atoms with van der Waals surface area (Å²) in [7, 11) is 0. The van der Waals surface area contributed by atoms with Crippen LogP contribution in [0.1, 0.15) is 28.8 Å². The van der Waals surface area contributed by atoms with Gasteiger partial charge in [0.2, 0.25) is 5.91 Å². The molecular weight excluding hydrogens is 459 g/mol. The van der Waals surface area contributed by atoms with Crippen molar-refractivity contribution in [1.82, 2.24) is 15.1 Å². The van der Waals surface area contributed by atoms with E-state index in [9.17, 15) is 14.0 Å². The molecule has 2 aromatic carbocycles. The number of rotatable bonds is 5. The summed E-state index contributed by atoms with van der Waals surface area (Å²) in [6, 6.07) is 9.99. The second-order valence-corrected chi connectivity index (χ2v) is 9.54. The number of amides is 2. The van der Waals surface area contributed by atoms with E-state index < -0.39 is 11.2 Å². The van der Waals surface area contributed by atoms with Gasteiger partial charge in [-0.25, -0.2) is 4.39 Å². The highest BCUT2D eigenvalue weighted by Gasteiger charge is 2.48. The number of hydrogen-bond donors (Lipinski definition) is 2. The fourth-order valence-electron chi connectivity index (χ4n) is 5.13. The van der Waals surface area contributed by atoms with Gasteiger partial charge in [-0.05, 0) is 61.8 Å². The molecule has 7 nitrogen and oxygen atoms in total. The number of carbonyl (C=O) groups excluding carboxylic acids is 2. The first-order valence-corrected chi connectivity index (χ1v) is 12.1. The summed E-state index contributed by atoms with van der Waals surface area (Å²) in [5.41, 5.74) is 1.40. The fraction of sp³-hybridized carbons (Fsp3) is 0.440. The predicted molar refractivity (Wildman–Crippen MR) is 128 cm³/mol. The van der Waals surface area contributed by atoms with Gasteiger partial charge in [0, 0.05) is 49.5 Å². The van der Waals surface area contributed by atoms with Crippen LogP contribution < -0.4 is 15.4 Å². The second kappa shape index (κ2) is 9.52. The van der Waals surface area contributed by atoms with Crippen LogP contribution in [0.2, 0.25) is 5.02 Å². The molecule has 3 aliphatic heterocycles. The monoisotopic (exact) mass is 486 g/mol. The molecule has 3 heterocycles. The van der Waals surface area contributed by atoms with Crippen molar-refractivity contribution in [3.8, 4) is 5.75 Å². The molecule has 3 aliphatic rings. The van der Waals surface area contributed by atoms with E-state index in [2.05, 4.69) is 15.5 Å². The van der Waals surface area contributed by atoms with Crippen molar-refractivity contribution < 1.29 is 18.7 Å². The number of fused-ring (bicyclic) bond motifs is 2. The van der Waals surface area contributed by atoms with Gasteiger partial charge in [0.05, 0.1) is 11.0 Å². The number of piperazine rings is 1. The maximum atomic E-state index is 14.6. The lowest BCUT2D eigenvalue weighted by Crippen LogP contribution is -2.47. The van der Waals surface area contributed by atoms with Gasteiger partial charge in [0.25, 0.3) is 5.91 Å². The average Bonchev–Trinajstić information content (AvgIpc) is 3.11. The van der Waals surface area contributed by atoms with E-state index in [1.54, 1.807) is 17.0 Å². The van der Waals surface area contributed by atoms with Crippen LogP contribution in [-0.4, -0.2) is 74.0 Å². The number of piperidine rings is 1. The minimum absolute atomic E-state index is 0.0478. The van der Waals surface area contributed by atoms with Crippen LogP contribution in [0.3, 0.4) is 0 Å². The quantitative estimate of drug-likeness (QED) is 0.680. The minimum atomic E-state index is -0.564. The van der Waals surface area contributed by atoms with E-state index in [-0.39, 0.29) is 17.4 Å². The Hall–Kier alpha value is -2.68. The second-order valence-electron chi connectivity index (χ2n) is 9.10. The summed E-state index contributed by atoms with van der Waals surface area (Å²) in [5.74, 6) is -0.398. The highest BCUT2D eigenvalue weighted by molar-refractivity contribution is 6.31. The summed E-state index contributed by atoms with van der Waals surface area (Å²) < 4.78 is 20.4. The van der Waals surface area contributed by atoms with E-state index in [0.29, 0.717) is 49.9 Å². The lowest BCUT2D eigenvalue weighted by Gasteiger charge is -2.38. The first kappa shape index (κ1) is 23.1. The van der Waals surface area contributed by atoms with Crippen molar-refractivity contribution >= 4 is 29.1 Å². The Labute approximate surface area is 203 Å². The zero-order chi connectivity index (χ0) is 23.7. The van der Waals surface area contributed by atoms with Crippen LogP contribution in [-0.2, 0) is 10.2 Å². The number of likely N-dealkylation sites (tertiary alicyclic amines) is 1. The Balaban J connectivity index is 1.14. The summed E-state index contributed by atoms with van der Waals surface area (Å²) in [5, 5.41) is 6.82. The van der Waals surface area contributed by atoms with Gasteiger partial charge in [-0.15, -0.1) is 0 Å². The molecule has 1 spiro atoms. The van der Waals surface area contributed by atoms with Crippen molar-refractivity contribution in [2.45, 2.75) is 18.3 Å². The molecule has 0 atom stereocenters. The molecule has 2 fully saturated rings. The van der Waals surface area contributed by atoms with Gasteiger partial charge < -0.3 is 20.3 Å². The van der Waals surface area contributed by atoms with E-state index in [0.717, 1.165) is 37.4 Å². The Morgan fingerprint density at radius 1 is 1.09 bits per heavy atom. The first-order valence-electron chi connectivity index (χ1n) is 11.7.